The number of piperidine rings is 1. The van der Waals surface area contributed by atoms with Gasteiger partial charge in [0.25, 0.3) is 5.91 Å². The molecular weight excluding hydrogens is 350 g/mol. The van der Waals surface area contributed by atoms with Gasteiger partial charge in [0.1, 0.15) is 5.69 Å². The summed E-state index contributed by atoms with van der Waals surface area (Å²) < 4.78 is 10.3. The van der Waals surface area contributed by atoms with Crippen molar-refractivity contribution in [1.82, 2.24) is 19.8 Å². The van der Waals surface area contributed by atoms with Gasteiger partial charge >= 0.3 is 6.09 Å². The fourth-order valence-corrected chi connectivity index (χ4v) is 3.27. The first-order valence-electron chi connectivity index (χ1n) is 9.47. The van der Waals surface area contributed by atoms with Crippen molar-refractivity contribution in [3.8, 4) is 0 Å². The molecule has 0 unspecified atom stereocenters. The maximum Gasteiger partial charge on any atom is 0.409 e. The Balaban J connectivity index is 1.60. The average Bonchev–Trinajstić information content (AvgIpc) is 2.68. The Kier molecular flexibility index (Phi) is 6.44. The van der Waals surface area contributed by atoms with Gasteiger partial charge in [0.05, 0.1) is 19.8 Å². The van der Waals surface area contributed by atoms with Crippen molar-refractivity contribution >= 4 is 17.9 Å². The number of nitrogens with one attached hydrogen (secondary N) is 1. The number of carbonyl (C=O) groups excluding carboxylic acids is 2. The largest absolute Gasteiger partial charge is 0.450 e. The van der Waals surface area contributed by atoms with Gasteiger partial charge in [-0.15, -0.1) is 0 Å². The van der Waals surface area contributed by atoms with Crippen LogP contribution < -0.4 is 5.32 Å². The zero-order valence-electron chi connectivity index (χ0n) is 15.9. The molecule has 0 spiro atoms. The molecule has 2 aliphatic heterocycles. The van der Waals surface area contributed by atoms with E-state index in [0.717, 1.165) is 18.5 Å². The highest BCUT2D eigenvalue weighted by Crippen LogP contribution is 2.16. The number of morpholine rings is 1. The molecule has 0 saturated carbocycles. The lowest BCUT2D eigenvalue weighted by molar-refractivity contribution is 0.0299. The number of hydrogen-bond acceptors (Lipinski definition) is 7. The molecule has 1 aromatic rings. The molecule has 1 N–H and O–H groups in total. The minimum Gasteiger partial charge on any atom is -0.450 e. The summed E-state index contributed by atoms with van der Waals surface area (Å²) >= 11 is 0. The highest BCUT2D eigenvalue weighted by Gasteiger charge is 2.25. The maximum absolute atomic E-state index is 12.7. The maximum atomic E-state index is 12.7. The number of nitrogens with zero attached hydrogens (tertiary/aromatic N) is 4. The van der Waals surface area contributed by atoms with Gasteiger partial charge in [0.15, 0.2) is 0 Å². The third-order valence-electron chi connectivity index (χ3n) is 4.73. The van der Waals surface area contributed by atoms with Crippen LogP contribution in [0.5, 0.6) is 0 Å². The number of rotatable bonds is 4. The number of likely N-dealkylation sites (tertiary alicyclic amines) is 1. The Morgan fingerprint density at radius 3 is 2.56 bits per heavy atom. The van der Waals surface area contributed by atoms with E-state index in [1.165, 1.54) is 0 Å². The van der Waals surface area contributed by atoms with Crippen molar-refractivity contribution in [2.75, 3.05) is 51.3 Å². The third kappa shape index (κ3) is 5.06. The minimum absolute atomic E-state index is 0.0935. The Bertz CT molecular complexity index is 670. The molecule has 2 aliphatic rings. The topological polar surface area (TPSA) is 96.9 Å². The second kappa shape index (κ2) is 8.98. The van der Waals surface area contributed by atoms with E-state index in [0.29, 0.717) is 57.6 Å². The molecule has 0 radical (unpaired) electrons. The van der Waals surface area contributed by atoms with Gasteiger partial charge in [-0.2, -0.15) is 0 Å². The summed E-state index contributed by atoms with van der Waals surface area (Å²) in [5, 5.41) is 3.31. The van der Waals surface area contributed by atoms with E-state index < -0.39 is 0 Å². The van der Waals surface area contributed by atoms with Gasteiger partial charge in [0.2, 0.25) is 5.95 Å². The summed E-state index contributed by atoms with van der Waals surface area (Å²) in [6.07, 6.45) is 1.30. The Morgan fingerprint density at radius 1 is 1.19 bits per heavy atom. The lowest BCUT2D eigenvalue weighted by Crippen LogP contribution is -2.43. The van der Waals surface area contributed by atoms with Crippen LogP contribution in [0.4, 0.5) is 10.7 Å². The third-order valence-corrected chi connectivity index (χ3v) is 4.73. The molecule has 148 valence electrons. The number of amides is 2. The lowest BCUT2D eigenvalue weighted by Gasteiger charge is -2.31. The number of ether oxygens (including phenoxy) is 2. The van der Waals surface area contributed by atoms with Gasteiger partial charge in [-0.1, -0.05) is 0 Å². The van der Waals surface area contributed by atoms with Crippen molar-refractivity contribution in [2.45, 2.75) is 32.7 Å². The van der Waals surface area contributed by atoms with Crippen molar-refractivity contribution < 1.29 is 19.1 Å². The number of carbonyl (C=O) groups is 2. The van der Waals surface area contributed by atoms with Gasteiger partial charge in [-0.3, -0.25) is 4.79 Å². The van der Waals surface area contributed by atoms with Crippen LogP contribution in [-0.2, 0) is 9.47 Å². The SMILES string of the molecule is CCOC(=O)N1CCC(Nc2nc(C)cc(C(=O)N3CCOCC3)n2)CC1. The molecule has 0 bridgehead atoms. The molecule has 9 nitrogen and oxygen atoms in total. The van der Waals surface area contributed by atoms with Crippen LogP contribution in [0.3, 0.4) is 0 Å². The van der Waals surface area contributed by atoms with Gasteiger partial charge < -0.3 is 24.6 Å². The quantitative estimate of drug-likeness (QED) is 0.844. The van der Waals surface area contributed by atoms with Crippen molar-refractivity contribution in [3.05, 3.63) is 17.5 Å². The second-order valence-electron chi connectivity index (χ2n) is 6.73. The molecule has 1 aromatic heterocycles. The average molecular weight is 377 g/mol. The summed E-state index contributed by atoms with van der Waals surface area (Å²) in [5.74, 6) is 0.366. The number of hydrogen-bond donors (Lipinski definition) is 1. The van der Waals surface area contributed by atoms with E-state index in [-0.39, 0.29) is 18.0 Å². The molecular formula is C18H27N5O4. The van der Waals surface area contributed by atoms with Crippen molar-refractivity contribution in [2.24, 2.45) is 0 Å². The van der Waals surface area contributed by atoms with Crippen LogP contribution in [0.15, 0.2) is 6.07 Å². The second-order valence-corrected chi connectivity index (χ2v) is 6.73. The van der Waals surface area contributed by atoms with Crippen LogP contribution in [0, 0.1) is 6.92 Å². The fourth-order valence-electron chi connectivity index (χ4n) is 3.27. The minimum atomic E-state index is -0.263. The van der Waals surface area contributed by atoms with E-state index in [4.69, 9.17) is 9.47 Å². The Morgan fingerprint density at radius 2 is 1.89 bits per heavy atom. The monoisotopic (exact) mass is 377 g/mol. The van der Waals surface area contributed by atoms with Crippen LogP contribution in [0.2, 0.25) is 0 Å². The normalized spacial score (nSPS) is 18.3. The van der Waals surface area contributed by atoms with E-state index in [1.807, 2.05) is 6.92 Å². The predicted octanol–water partition coefficient (Wildman–Crippen LogP) is 1.29. The standard InChI is InChI=1S/C18H27N5O4/c1-3-27-18(25)23-6-4-14(5-7-23)20-17-19-13(2)12-15(21-17)16(24)22-8-10-26-11-9-22/h12,14H,3-11H2,1-2H3,(H,19,20,21). The molecule has 2 saturated heterocycles. The van der Waals surface area contributed by atoms with Crippen LogP contribution in [0.1, 0.15) is 35.9 Å². The summed E-state index contributed by atoms with van der Waals surface area (Å²) in [5.41, 5.74) is 1.14. The molecule has 0 atom stereocenters. The van der Waals surface area contributed by atoms with E-state index >= 15 is 0 Å². The highest BCUT2D eigenvalue weighted by atomic mass is 16.6. The summed E-state index contributed by atoms with van der Waals surface area (Å²) in [7, 11) is 0. The van der Waals surface area contributed by atoms with Crippen molar-refractivity contribution in [3.63, 3.8) is 0 Å². The van der Waals surface area contributed by atoms with E-state index in [1.54, 1.807) is 22.8 Å². The summed E-state index contributed by atoms with van der Waals surface area (Å²) in [6, 6.07) is 1.87. The Labute approximate surface area is 159 Å². The lowest BCUT2D eigenvalue weighted by atomic mass is 10.1. The predicted molar refractivity (Wildman–Crippen MR) is 98.7 cm³/mol. The fraction of sp³-hybridized carbons (Fsp3) is 0.667. The van der Waals surface area contributed by atoms with Crippen LogP contribution in [-0.4, -0.2) is 83.8 Å². The van der Waals surface area contributed by atoms with Gasteiger partial charge in [0, 0.05) is 37.9 Å². The first kappa shape index (κ1) is 19.3. The smallest absolute Gasteiger partial charge is 0.409 e. The molecule has 2 fully saturated rings. The Hall–Kier alpha value is -2.42. The zero-order valence-corrected chi connectivity index (χ0v) is 15.9. The molecule has 3 rings (SSSR count). The summed E-state index contributed by atoms with van der Waals surface area (Å²) in [6.45, 7) is 7.56. The summed E-state index contributed by atoms with van der Waals surface area (Å²) in [4.78, 5) is 36.8. The molecule has 3 heterocycles. The van der Waals surface area contributed by atoms with Crippen LogP contribution >= 0.6 is 0 Å². The zero-order chi connectivity index (χ0) is 19.2. The van der Waals surface area contributed by atoms with Crippen LogP contribution in [0.25, 0.3) is 0 Å². The highest BCUT2D eigenvalue weighted by molar-refractivity contribution is 5.92. The molecule has 27 heavy (non-hydrogen) atoms. The number of aryl methyl sites for hydroxylation is 1. The number of aromatic nitrogens is 2. The molecule has 9 heteroatoms. The van der Waals surface area contributed by atoms with Crippen molar-refractivity contribution in [1.29, 1.82) is 0 Å². The molecule has 0 aromatic carbocycles. The first-order valence-corrected chi connectivity index (χ1v) is 9.47. The molecule has 2 amide bonds. The van der Waals surface area contributed by atoms with E-state index in [2.05, 4.69) is 15.3 Å². The molecule has 0 aliphatic carbocycles. The van der Waals surface area contributed by atoms with Gasteiger partial charge in [-0.05, 0) is 32.8 Å². The van der Waals surface area contributed by atoms with Gasteiger partial charge in [-0.25, -0.2) is 14.8 Å². The number of anilines is 1. The first-order chi connectivity index (χ1) is 13.1. The van der Waals surface area contributed by atoms with E-state index in [9.17, 15) is 9.59 Å².